The lowest BCUT2D eigenvalue weighted by Gasteiger charge is -2.08. The van der Waals surface area contributed by atoms with E-state index in [1.54, 1.807) is 19.2 Å². The van der Waals surface area contributed by atoms with Crippen LogP contribution >= 0.6 is 0 Å². The molecule has 0 saturated carbocycles. The summed E-state index contributed by atoms with van der Waals surface area (Å²) in [5.74, 6) is -1.96. The predicted molar refractivity (Wildman–Crippen MR) is 91.2 cm³/mol. The molecule has 0 aliphatic heterocycles. The Morgan fingerprint density at radius 2 is 2.04 bits per heavy atom. The first kappa shape index (κ1) is 17.9. The molecule has 11 nitrogen and oxygen atoms in total. The molecule has 3 aromatic heterocycles. The summed E-state index contributed by atoms with van der Waals surface area (Å²) in [6.07, 6.45) is 4.00. The van der Waals surface area contributed by atoms with Crippen molar-refractivity contribution >= 4 is 23.5 Å². The number of aromatic carboxylic acids is 1. The molecule has 0 saturated heterocycles. The molecular weight excluding hydrogens is 356 g/mol. The second-order valence-corrected chi connectivity index (χ2v) is 5.62. The minimum atomic E-state index is -1.28. The number of carboxylic acids is 1. The highest BCUT2D eigenvalue weighted by molar-refractivity contribution is 6.11. The summed E-state index contributed by atoms with van der Waals surface area (Å²) in [6.45, 7) is 0.161. The maximum Gasteiger partial charge on any atom is 0.339 e. The fourth-order valence-corrected chi connectivity index (χ4v) is 2.46. The molecule has 0 atom stereocenters. The Bertz CT molecular complexity index is 1000. The number of carboxylic acid groups (broad SMARTS) is 1. The van der Waals surface area contributed by atoms with Crippen LogP contribution in [0.25, 0.3) is 0 Å². The van der Waals surface area contributed by atoms with Crippen molar-refractivity contribution < 1.29 is 23.9 Å². The highest BCUT2D eigenvalue weighted by Gasteiger charge is 2.24. The third-order valence-corrected chi connectivity index (χ3v) is 3.68. The van der Waals surface area contributed by atoms with Gasteiger partial charge in [-0.3, -0.25) is 19.0 Å². The number of rotatable bonds is 6. The molecular formula is C16H16N6O5. The fourth-order valence-electron chi connectivity index (χ4n) is 2.46. The third-order valence-electron chi connectivity index (χ3n) is 3.68. The van der Waals surface area contributed by atoms with Gasteiger partial charge in [0.15, 0.2) is 5.69 Å². The van der Waals surface area contributed by atoms with Crippen LogP contribution in [-0.4, -0.2) is 42.5 Å². The fraction of sp³-hybridized carbons (Fsp3) is 0.188. The maximum absolute atomic E-state index is 12.5. The number of aryl methyl sites for hydroxylation is 2. The van der Waals surface area contributed by atoms with Gasteiger partial charge in [-0.15, -0.1) is 0 Å². The lowest BCUT2D eigenvalue weighted by atomic mass is 10.2. The van der Waals surface area contributed by atoms with Gasteiger partial charge < -0.3 is 20.2 Å². The highest BCUT2D eigenvalue weighted by atomic mass is 16.4. The van der Waals surface area contributed by atoms with Crippen LogP contribution in [0.4, 0.5) is 5.69 Å². The number of carbonyl (C=O) groups is 3. The van der Waals surface area contributed by atoms with Gasteiger partial charge in [0.25, 0.3) is 11.8 Å². The molecule has 0 unspecified atom stereocenters. The first-order valence-corrected chi connectivity index (χ1v) is 7.77. The average Bonchev–Trinajstić information content (AvgIpc) is 3.33. The zero-order valence-corrected chi connectivity index (χ0v) is 14.5. The van der Waals surface area contributed by atoms with E-state index < -0.39 is 17.8 Å². The Hall–Kier alpha value is -3.89. The normalized spacial score (nSPS) is 10.6. The molecule has 3 rings (SSSR count). The molecule has 2 amide bonds. The van der Waals surface area contributed by atoms with Crippen molar-refractivity contribution in [1.29, 1.82) is 0 Å². The summed E-state index contributed by atoms with van der Waals surface area (Å²) in [5, 5.41) is 22.2. The lowest BCUT2D eigenvalue weighted by molar-refractivity contribution is 0.0692. The van der Waals surface area contributed by atoms with Crippen LogP contribution in [0, 0.1) is 0 Å². The number of hydrogen-bond acceptors (Lipinski definition) is 6. The molecule has 3 aromatic rings. The standard InChI is InChI=1S/C16H16N6O5/c1-21-8-10(16(25)26)12(20-21)14(23)19-11-7-18-22(2)13(11)15(24)17-6-9-4-3-5-27-9/h3-5,7-8H,6H2,1-2H3,(H,17,24)(H,19,23)(H,25,26). The van der Waals surface area contributed by atoms with Gasteiger partial charge in [-0.2, -0.15) is 10.2 Å². The number of nitrogens with one attached hydrogen (secondary N) is 2. The Morgan fingerprint density at radius 1 is 1.26 bits per heavy atom. The van der Waals surface area contributed by atoms with Crippen molar-refractivity contribution in [2.45, 2.75) is 6.54 Å². The molecule has 3 heterocycles. The molecule has 27 heavy (non-hydrogen) atoms. The van der Waals surface area contributed by atoms with E-state index >= 15 is 0 Å². The van der Waals surface area contributed by atoms with Crippen LogP contribution in [0.2, 0.25) is 0 Å². The molecule has 0 radical (unpaired) electrons. The second kappa shape index (κ2) is 7.15. The van der Waals surface area contributed by atoms with E-state index in [1.807, 2.05) is 0 Å². The minimum absolute atomic E-state index is 0.0997. The molecule has 0 bridgehead atoms. The average molecular weight is 372 g/mol. The molecule has 0 aromatic carbocycles. The van der Waals surface area contributed by atoms with Crippen LogP contribution in [0.5, 0.6) is 0 Å². The van der Waals surface area contributed by atoms with Gasteiger partial charge in [0, 0.05) is 20.3 Å². The minimum Gasteiger partial charge on any atom is -0.478 e. The Balaban J connectivity index is 1.79. The Kier molecular flexibility index (Phi) is 4.75. The van der Waals surface area contributed by atoms with E-state index in [9.17, 15) is 19.5 Å². The monoisotopic (exact) mass is 372 g/mol. The third kappa shape index (κ3) is 3.71. The SMILES string of the molecule is Cn1cc(C(=O)O)c(C(=O)Nc2cnn(C)c2C(=O)NCc2ccco2)n1. The largest absolute Gasteiger partial charge is 0.478 e. The van der Waals surface area contributed by atoms with Crippen molar-refractivity contribution in [3.05, 3.63) is 53.5 Å². The quantitative estimate of drug-likeness (QED) is 0.575. The van der Waals surface area contributed by atoms with Crippen LogP contribution in [-0.2, 0) is 20.6 Å². The summed E-state index contributed by atoms with van der Waals surface area (Å²) in [7, 11) is 3.04. The smallest absolute Gasteiger partial charge is 0.339 e. The number of nitrogens with zero attached hydrogens (tertiary/aromatic N) is 4. The topological polar surface area (TPSA) is 144 Å². The first-order valence-electron chi connectivity index (χ1n) is 7.77. The van der Waals surface area contributed by atoms with Crippen LogP contribution < -0.4 is 10.6 Å². The van der Waals surface area contributed by atoms with Crippen LogP contribution in [0.15, 0.2) is 35.2 Å². The summed E-state index contributed by atoms with van der Waals surface area (Å²) in [6, 6.07) is 3.41. The maximum atomic E-state index is 12.5. The summed E-state index contributed by atoms with van der Waals surface area (Å²) >= 11 is 0. The molecule has 0 aliphatic rings. The Morgan fingerprint density at radius 3 is 2.70 bits per heavy atom. The van der Waals surface area contributed by atoms with Crippen molar-refractivity contribution in [1.82, 2.24) is 24.9 Å². The summed E-state index contributed by atoms with van der Waals surface area (Å²) in [5.41, 5.74) is -0.289. The van der Waals surface area contributed by atoms with E-state index in [1.165, 1.54) is 35.1 Å². The zero-order valence-electron chi connectivity index (χ0n) is 14.5. The van der Waals surface area contributed by atoms with Gasteiger partial charge in [0.2, 0.25) is 0 Å². The van der Waals surface area contributed by atoms with Gasteiger partial charge >= 0.3 is 5.97 Å². The number of carbonyl (C=O) groups excluding carboxylic acids is 2. The van der Waals surface area contributed by atoms with Crippen LogP contribution in [0.3, 0.4) is 0 Å². The molecule has 3 N–H and O–H groups in total. The number of hydrogen-bond donors (Lipinski definition) is 3. The predicted octanol–water partition coefficient (Wildman–Crippen LogP) is 0.627. The van der Waals surface area contributed by atoms with Gasteiger partial charge in [-0.05, 0) is 12.1 Å². The number of furan rings is 1. The van der Waals surface area contributed by atoms with Crippen molar-refractivity contribution in [2.75, 3.05) is 5.32 Å². The van der Waals surface area contributed by atoms with Crippen molar-refractivity contribution in [2.24, 2.45) is 14.1 Å². The van der Waals surface area contributed by atoms with Crippen LogP contribution in [0.1, 0.15) is 37.1 Å². The summed E-state index contributed by atoms with van der Waals surface area (Å²) in [4.78, 5) is 36.2. The zero-order chi connectivity index (χ0) is 19.6. The first-order chi connectivity index (χ1) is 12.9. The highest BCUT2D eigenvalue weighted by Crippen LogP contribution is 2.17. The number of amides is 2. The molecule has 11 heteroatoms. The van der Waals surface area contributed by atoms with Gasteiger partial charge in [0.1, 0.15) is 17.0 Å². The van der Waals surface area contributed by atoms with E-state index in [-0.39, 0.29) is 29.2 Å². The van der Waals surface area contributed by atoms with Gasteiger partial charge in [0.05, 0.1) is 24.7 Å². The van der Waals surface area contributed by atoms with E-state index in [0.29, 0.717) is 5.76 Å². The van der Waals surface area contributed by atoms with Crippen molar-refractivity contribution in [3.8, 4) is 0 Å². The molecule has 0 fully saturated rings. The van der Waals surface area contributed by atoms with E-state index in [2.05, 4.69) is 20.8 Å². The molecule has 0 aliphatic carbocycles. The Labute approximate surface area is 152 Å². The molecule has 140 valence electrons. The van der Waals surface area contributed by atoms with Crippen molar-refractivity contribution in [3.63, 3.8) is 0 Å². The number of anilines is 1. The van der Waals surface area contributed by atoms with Gasteiger partial charge in [-0.1, -0.05) is 0 Å². The summed E-state index contributed by atoms with van der Waals surface area (Å²) < 4.78 is 7.67. The van der Waals surface area contributed by atoms with E-state index in [0.717, 1.165) is 0 Å². The lowest BCUT2D eigenvalue weighted by Crippen LogP contribution is -2.27. The van der Waals surface area contributed by atoms with E-state index in [4.69, 9.17) is 4.42 Å². The molecule has 0 spiro atoms. The second-order valence-electron chi connectivity index (χ2n) is 5.62. The number of aromatic nitrogens is 4. The van der Waals surface area contributed by atoms with Gasteiger partial charge in [-0.25, -0.2) is 4.79 Å².